The maximum absolute atomic E-state index is 13.4. The largest absolute Gasteiger partial charge is 0.478 e. The van der Waals surface area contributed by atoms with Crippen LogP contribution in [0.5, 0.6) is 0 Å². The number of amides is 1. The zero-order valence-electron chi connectivity index (χ0n) is 19.5. The molecule has 0 bridgehead atoms. The molecule has 0 fully saturated rings. The Morgan fingerprint density at radius 2 is 1.16 bits per heavy atom. The monoisotopic (exact) mass is 551 g/mol. The minimum absolute atomic E-state index is 0.00512. The predicted molar refractivity (Wildman–Crippen MR) is 142 cm³/mol. The number of benzene rings is 4. The molecule has 10 heteroatoms. The molecule has 0 aliphatic carbocycles. The Balaban J connectivity index is 1.66. The molecular weight excluding hydrogens is 533 g/mol. The van der Waals surface area contributed by atoms with Gasteiger partial charge in [0.05, 0.1) is 11.1 Å². The lowest BCUT2D eigenvalue weighted by Gasteiger charge is -2.24. The van der Waals surface area contributed by atoms with E-state index in [1.807, 2.05) is 18.2 Å². The van der Waals surface area contributed by atoms with Gasteiger partial charge in [-0.1, -0.05) is 59.6 Å². The van der Waals surface area contributed by atoms with Crippen LogP contribution in [-0.2, 0) is 19.1 Å². The molecule has 38 heavy (non-hydrogen) atoms. The Morgan fingerprint density at radius 1 is 0.658 bits per heavy atom. The Bertz CT molecular complexity index is 1500. The fraction of sp³-hybridized carbons (Fsp3) is 0.0714. The third kappa shape index (κ3) is 6.29. The molecule has 2 atom stereocenters. The van der Waals surface area contributed by atoms with Crippen LogP contribution < -0.4 is 5.32 Å². The quantitative estimate of drug-likeness (QED) is 0.272. The first kappa shape index (κ1) is 26.7. The summed E-state index contributed by atoms with van der Waals surface area (Å²) in [4.78, 5) is 51.2. The van der Waals surface area contributed by atoms with Crippen molar-refractivity contribution < 1.29 is 33.8 Å². The van der Waals surface area contributed by atoms with Gasteiger partial charge in [0.2, 0.25) is 12.2 Å². The predicted octanol–water partition coefficient (Wildman–Crippen LogP) is 5.62. The smallest absolute Gasteiger partial charge is 0.349 e. The van der Waals surface area contributed by atoms with Crippen molar-refractivity contribution in [1.29, 1.82) is 0 Å². The first-order chi connectivity index (χ1) is 18.2. The number of nitrogens with one attached hydrogen (secondary N) is 1. The third-order valence-electron chi connectivity index (χ3n) is 5.45. The van der Waals surface area contributed by atoms with Crippen molar-refractivity contribution in [3.63, 3.8) is 0 Å². The second-order valence-electron chi connectivity index (χ2n) is 8.02. The number of rotatable bonds is 8. The van der Waals surface area contributed by atoms with Crippen LogP contribution in [0.3, 0.4) is 0 Å². The number of hydrogen-bond donors (Lipinski definition) is 2. The van der Waals surface area contributed by atoms with Gasteiger partial charge in [0.25, 0.3) is 5.91 Å². The van der Waals surface area contributed by atoms with Gasteiger partial charge < -0.3 is 19.9 Å². The maximum Gasteiger partial charge on any atom is 0.349 e. The van der Waals surface area contributed by atoms with Crippen molar-refractivity contribution in [3.05, 3.63) is 112 Å². The minimum atomic E-state index is -2.18. The molecule has 8 nitrogen and oxygen atoms in total. The number of esters is 2. The lowest BCUT2D eigenvalue weighted by molar-refractivity contribution is -0.157. The number of carboxylic acid groups (broad SMARTS) is 1. The molecule has 0 saturated heterocycles. The van der Waals surface area contributed by atoms with E-state index >= 15 is 0 Å². The molecule has 4 aromatic carbocycles. The number of halogens is 2. The number of carbonyl (C=O) groups excluding carboxylic acids is 3. The maximum atomic E-state index is 13.4. The topological polar surface area (TPSA) is 119 Å². The fourth-order valence-corrected chi connectivity index (χ4v) is 3.82. The van der Waals surface area contributed by atoms with Crippen molar-refractivity contribution >= 4 is 63.5 Å². The van der Waals surface area contributed by atoms with Crippen LogP contribution in [0.1, 0.15) is 20.7 Å². The van der Waals surface area contributed by atoms with Crippen molar-refractivity contribution in [2.24, 2.45) is 0 Å². The summed E-state index contributed by atoms with van der Waals surface area (Å²) in [7, 11) is 0. The van der Waals surface area contributed by atoms with E-state index in [0.717, 1.165) is 5.39 Å². The van der Waals surface area contributed by atoms with Gasteiger partial charge in [-0.25, -0.2) is 14.4 Å². The van der Waals surface area contributed by atoms with E-state index in [9.17, 15) is 24.3 Å². The lowest BCUT2D eigenvalue weighted by Crippen LogP contribution is -2.48. The Hall–Kier alpha value is -4.40. The zero-order valence-corrected chi connectivity index (χ0v) is 21.0. The van der Waals surface area contributed by atoms with Gasteiger partial charge in [0.15, 0.2) is 0 Å². The Kier molecular flexibility index (Phi) is 8.25. The van der Waals surface area contributed by atoms with E-state index in [-0.39, 0.29) is 11.1 Å². The van der Waals surface area contributed by atoms with E-state index < -0.39 is 36.0 Å². The highest BCUT2D eigenvalue weighted by Gasteiger charge is 2.41. The average Bonchev–Trinajstić information content (AvgIpc) is 2.91. The van der Waals surface area contributed by atoms with E-state index in [1.54, 1.807) is 24.3 Å². The van der Waals surface area contributed by atoms with Crippen LogP contribution >= 0.6 is 23.2 Å². The van der Waals surface area contributed by atoms with Crippen LogP contribution in [-0.4, -0.2) is 41.1 Å². The Labute approximate surface area is 226 Å². The summed E-state index contributed by atoms with van der Waals surface area (Å²) in [5, 5.41) is 14.7. The number of ether oxygens (including phenoxy) is 2. The molecule has 2 N–H and O–H groups in total. The van der Waals surface area contributed by atoms with Crippen molar-refractivity contribution in [3.8, 4) is 0 Å². The highest BCUT2D eigenvalue weighted by Crippen LogP contribution is 2.24. The van der Waals surface area contributed by atoms with E-state index in [4.69, 9.17) is 32.7 Å². The second kappa shape index (κ2) is 11.8. The molecule has 0 aromatic heterocycles. The molecule has 0 aliphatic heterocycles. The van der Waals surface area contributed by atoms with Crippen molar-refractivity contribution in [2.45, 2.75) is 12.2 Å². The highest BCUT2D eigenvalue weighted by atomic mass is 35.5. The molecular formula is C28H19Cl2NO7. The van der Waals surface area contributed by atoms with Gasteiger partial charge in [-0.15, -0.1) is 0 Å². The van der Waals surface area contributed by atoms with Gasteiger partial charge in [-0.05, 0) is 60.0 Å². The van der Waals surface area contributed by atoms with Gasteiger partial charge >= 0.3 is 17.9 Å². The summed E-state index contributed by atoms with van der Waals surface area (Å²) in [6.07, 6.45) is -4.23. The van der Waals surface area contributed by atoms with Gasteiger partial charge in [-0.3, -0.25) is 4.79 Å². The first-order valence-corrected chi connectivity index (χ1v) is 11.9. The van der Waals surface area contributed by atoms with Crippen molar-refractivity contribution in [2.75, 3.05) is 5.32 Å². The molecule has 1 amide bonds. The molecule has 0 radical (unpaired) electrons. The highest BCUT2D eigenvalue weighted by molar-refractivity contribution is 6.31. The lowest BCUT2D eigenvalue weighted by atomic mass is 10.1. The normalized spacial score (nSPS) is 12.3. The van der Waals surface area contributed by atoms with Crippen LogP contribution in [0.4, 0.5) is 5.69 Å². The fourth-order valence-electron chi connectivity index (χ4n) is 3.57. The van der Waals surface area contributed by atoms with Gasteiger partial charge in [-0.2, -0.15) is 0 Å². The molecule has 192 valence electrons. The standard InChI is InChI=1S/C28H19Cl2NO7/c29-19-12-8-17(9-13-19)27(35)37-23(24(26(33)34)38-28(36)18-10-14-20(30)15-11-18)25(32)31-22-7-3-5-16-4-1-2-6-21(16)22/h1-15,23-24H,(H,31,32)(H,33,34)/t23-,24-/m0/s1. The number of fused-ring (bicyclic) bond motifs is 1. The number of carboxylic acids is 1. The number of aliphatic carboxylic acids is 1. The van der Waals surface area contributed by atoms with Crippen LogP contribution in [0.15, 0.2) is 91.0 Å². The molecule has 0 spiro atoms. The zero-order chi connectivity index (χ0) is 27.2. The molecule has 4 rings (SSSR count). The van der Waals surface area contributed by atoms with E-state index in [0.29, 0.717) is 21.1 Å². The summed E-state index contributed by atoms with van der Waals surface area (Å²) in [6, 6.07) is 23.3. The number of hydrogen-bond acceptors (Lipinski definition) is 6. The van der Waals surface area contributed by atoms with E-state index in [2.05, 4.69) is 5.32 Å². The number of anilines is 1. The summed E-state index contributed by atoms with van der Waals surface area (Å²) in [5.74, 6) is -4.79. The third-order valence-corrected chi connectivity index (χ3v) is 5.96. The van der Waals surface area contributed by atoms with Crippen LogP contribution in [0, 0.1) is 0 Å². The van der Waals surface area contributed by atoms with Gasteiger partial charge in [0, 0.05) is 21.1 Å². The van der Waals surface area contributed by atoms with Gasteiger partial charge in [0.1, 0.15) is 0 Å². The minimum Gasteiger partial charge on any atom is -0.478 e. The van der Waals surface area contributed by atoms with Crippen LogP contribution in [0.2, 0.25) is 10.0 Å². The number of carbonyl (C=O) groups is 4. The van der Waals surface area contributed by atoms with Crippen molar-refractivity contribution in [1.82, 2.24) is 0 Å². The molecule has 0 saturated carbocycles. The summed E-state index contributed by atoms with van der Waals surface area (Å²) < 4.78 is 10.5. The molecule has 0 aliphatic rings. The summed E-state index contributed by atoms with van der Waals surface area (Å²) in [5.41, 5.74) is 0.331. The summed E-state index contributed by atoms with van der Waals surface area (Å²) in [6.45, 7) is 0. The first-order valence-electron chi connectivity index (χ1n) is 11.2. The molecule has 0 heterocycles. The van der Waals surface area contributed by atoms with Crippen LogP contribution in [0.25, 0.3) is 10.8 Å². The second-order valence-corrected chi connectivity index (χ2v) is 8.89. The Morgan fingerprint density at radius 3 is 1.71 bits per heavy atom. The molecule has 0 unspecified atom stereocenters. The SMILES string of the molecule is O=C(O[C@H](C(=O)O)[C@H](OC(=O)c1ccc(Cl)cc1)C(=O)Nc1cccc2ccccc12)c1ccc(Cl)cc1. The molecule has 4 aromatic rings. The average molecular weight is 552 g/mol. The van der Waals surface area contributed by atoms with E-state index in [1.165, 1.54) is 48.5 Å². The summed E-state index contributed by atoms with van der Waals surface area (Å²) >= 11 is 11.7.